The summed E-state index contributed by atoms with van der Waals surface area (Å²) in [5.74, 6) is 0. The maximum Gasteiger partial charge on any atom is 0.0796 e. The van der Waals surface area contributed by atoms with Gasteiger partial charge >= 0.3 is 0 Å². The SMILES string of the molecule is CCCCCCCC(O)c1[c]cccc1. The molecule has 0 aliphatic rings. The minimum absolute atomic E-state index is 0.326. The van der Waals surface area contributed by atoms with Gasteiger partial charge in [-0.05, 0) is 18.1 Å². The van der Waals surface area contributed by atoms with Crippen LogP contribution in [0, 0.1) is 6.07 Å². The third-order valence-electron chi connectivity index (χ3n) is 2.67. The van der Waals surface area contributed by atoms with Gasteiger partial charge in [-0.25, -0.2) is 0 Å². The Morgan fingerprint density at radius 3 is 2.67 bits per heavy atom. The van der Waals surface area contributed by atoms with Crippen LogP contribution in [0.4, 0.5) is 0 Å². The highest BCUT2D eigenvalue weighted by atomic mass is 16.3. The average molecular weight is 205 g/mol. The van der Waals surface area contributed by atoms with Gasteiger partial charge in [0.05, 0.1) is 6.10 Å². The fraction of sp³-hybridized carbons (Fsp3) is 0.571. The van der Waals surface area contributed by atoms with E-state index in [1.54, 1.807) is 0 Å². The lowest BCUT2D eigenvalue weighted by atomic mass is 10.0. The predicted molar refractivity (Wildman–Crippen MR) is 63.6 cm³/mol. The molecule has 1 unspecified atom stereocenters. The van der Waals surface area contributed by atoms with E-state index in [9.17, 15) is 5.11 Å². The van der Waals surface area contributed by atoms with E-state index < -0.39 is 0 Å². The predicted octanol–water partition coefficient (Wildman–Crippen LogP) is 3.88. The summed E-state index contributed by atoms with van der Waals surface area (Å²) in [6.07, 6.45) is 6.77. The molecular weight excluding hydrogens is 184 g/mol. The first-order chi connectivity index (χ1) is 7.34. The molecule has 0 aromatic heterocycles. The number of hydrogen-bond donors (Lipinski definition) is 1. The van der Waals surface area contributed by atoms with Crippen LogP contribution in [0.15, 0.2) is 24.3 Å². The monoisotopic (exact) mass is 205 g/mol. The van der Waals surface area contributed by atoms with E-state index in [1.807, 2.05) is 24.3 Å². The molecule has 0 aliphatic heterocycles. The summed E-state index contributed by atoms with van der Waals surface area (Å²) in [6, 6.07) is 10.7. The van der Waals surface area contributed by atoms with Crippen molar-refractivity contribution in [1.29, 1.82) is 0 Å². The molecule has 1 aromatic carbocycles. The molecule has 0 saturated heterocycles. The van der Waals surface area contributed by atoms with Crippen molar-refractivity contribution in [3.05, 3.63) is 35.9 Å². The van der Waals surface area contributed by atoms with Crippen LogP contribution in [0.2, 0.25) is 0 Å². The number of rotatable bonds is 7. The highest BCUT2D eigenvalue weighted by molar-refractivity contribution is 5.15. The molecule has 15 heavy (non-hydrogen) atoms. The normalized spacial score (nSPS) is 12.7. The Morgan fingerprint density at radius 1 is 1.20 bits per heavy atom. The van der Waals surface area contributed by atoms with Crippen LogP contribution in [0.5, 0.6) is 0 Å². The third-order valence-corrected chi connectivity index (χ3v) is 2.67. The lowest BCUT2D eigenvalue weighted by molar-refractivity contribution is 0.163. The van der Waals surface area contributed by atoms with Gasteiger partial charge in [-0.3, -0.25) is 0 Å². The van der Waals surface area contributed by atoms with Gasteiger partial charge in [-0.2, -0.15) is 0 Å². The molecule has 1 rings (SSSR count). The van der Waals surface area contributed by atoms with Crippen molar-refractivity contribution in [1.82, 2.24) is 0 Å². The molecule has 0 fully saturated rings. The first-order valence-corrected chi connectivity index (χ1v) is 5.99. The van der Waals surface area contributed by atoms with Gasteiger partial charge in [0.15, 0.2) is 0 Å². The number of aliphatic hydroxyl groups excluding tert-OH is 1. The van der Waals surface area contributed by atoms with Crippen molar-refractivity contribution in [3.63, 3.8) is 0 Å². The zero-order valence-corrected chi connectivity index (χ0v) is 9.58. The lowest BCUT2D eigenvalue weighted by Crippen LogP contribution is -1.97. The molecular formula is C14H21O. The van der Waals surface area contributed by atoms with Gasteiger partial charge < -0.3 is 5.11 Å². The Hall–Kier alpha value is -0.820. The van der Waals surface area contributed by atoms with E-state index in [0.29, 0.717) is 0 Å². The maximum absolute atomic E-state index is 9.85. The minimum Gasteiger partial charge on any atom is -0.388 e. The number of hydrogen-bond acceptors (Lipinski definition) is 1. The molecule has 83 valence electrons. The molecule has 0 aliphatic carbocycles. The molecule has 1 atom stereocenters. The standard InChI is InChI=1S/C14H21O/c1-2-3-4-5-9-12-14(15)13-10-7-6-8-11-13/h6-8,10,14-15H,2-5,9,12H2,1H3. The fourth-order valence-electron chi connectivity index (χ4n) is 1.71. The van der Waals surface area contributed by atoms with Crippen molar-refractivity contribution in [2.45, 2.75) is 51.6 Å². The lowest BCUT2D eigenvalue weighted by Gasteiger charge is -2.09. The molecule has 1 nitrogen and oxygen atoms in total. The number of aliphatic hydroxyl groups is 1. The van der Waals surface area contributed by atoms with Crippen molar-refractivity contribution >= 4 is 0 Å². The second-order valence-corrected chi connectivity index (χ2v) is 4.04. The van der Waals surface area contributed by atoms with Crippen molar-refractivity contribution in [2.24, 2.45) is 0 Å². The molecule has 0 amide bonds. The van der Waals surface area contributed by atoms with Crippen LogP contribution in [0.25, 0.3) is 0 Å². The molecule has 0 heterocycles. The van der Waals surface area contributed by atoms with E-state index >= 15 is 0 Å². The first-order valence-electron chi connectivity index (χ1n) is 5.99. The van der Waals surface area contributed by atoms with Crippen molar-refractivity contribution in [3.8, 4) is 0 Å². The summed E-state index contributed by atoms with van der Waals surface area (Å²) in [6.45, 7) is 2.22. The number of benzene rings is 1. The third kappa shape index (κ3) is 4.98. The Balaban J connectivity index is 2.16. The highest BCUT2D eigenvalue weighted by Gasteiger charge is 2.05. The van der Waals surface area contributed by atoms with E-state index in [0.717, 1.165) is 18.4 Å². The summed E-state index contributed by atoms with van der Waals surface area (Å²) in [5, 5.41) is 9.85. The van der Waals surface area contributed by atoms with Crippen molar-refractivity contribution < 1.29 is 5.11 Å². The Bertz CT molecular complexity index is 243. The van der Waals surface area contributed by atoms with E-state index in [-0.39, 0.29) is 6.10 Å². The zero-order chi connectivity index (χ0) is 10.9. The van der Waals surface area contributed by atoms with E-state index in [2.05, 4.69) is 13.0 Å². The van der Waals surface area contributed by atoms with Crippen LogP contribution < -0.4 is 0 Å². The summed E-state index contributed by atoms with van der Waals surface area (Å²) in [5.41, 5.74) is 0.924. The second kappa shape index (κ2) is 7.47. The van der Waals surface area contributed by atoms with Crippen molar-refractivity contribution in [2.75, 3.05) is 0 Å². The molecule has 1 aromatic rings. The van der Waals surface area contributed by atoms with Crippen LogP contribution in [-0.2, 0) is 0 Å². The molecule has 0 bridgehead atoms. The zero-order valence-electron chi connectivity index (χ0n) is 9.58. The van der Waals surface area contributed by atoms with Gasteiger partial charge in [0, 0.05) is 0 Å². The summed E-state index contributed by atoms with van der Waals surface area (Å²) >= 11 is 0. The Morgan fingerprint density at radius 2 is 2.00 bits per heavy atom. The molecule has 1 N–H and O–H groups in total. The first kappa shape index (κ1) is 12.3. The molecule has 0 saturated carbocycles. The van der Waals surface area contributed by atoms with Crippen LogP contribution >= 0.6 is 0 Å². The van der Waals surface area contributed by atoms with Gasteiger partial charge in [0.1, 0.15) is 0 Å². The highest BCUT2D eigenvalue weighted by Crippen LogP contribution is 2.19. The topological polar surface area (TPSA) is 20.2 Å². The Kier molecular flexibility index (Phi) is 6.10. The molecule has 1 heteroatoms. The summed E-state index contributed by atoms with van der Waals surface area (Å²) < 4.78 is 0. The molecule has 1 radical (unpaired) electrons. The van der Waals surface area contributed by atoms with Gasteiger partial charge in [-0.1, -0.05) is 63.3 Å². The van der Waals surface area contributed by atoms with Crippen LogP contribution in [0.3, 0.4) is 0 Å². The van der Waals surface area contributed by atoms with E-state index in [1.165, 1.54) is 25.7 Å². The minimum atomic E-state index is -0.326. The molecule has 0 spiro atoms. The maximum atomic E-state index is 9.85. The quantitative estimate of drug-likeness (QED) is 0.670. The van der Waals surface area contributed by atoms with Crippen LogP contribution in [-0.4, -0.2) is 5.11 Å². The van der Waals surface area contributed by atoms with Gasteiger partial charge in [-0.15, -0.1) is 0 Å². The fourth-order valence-corrected chi connectivity index (χ4v) is 1.71. The van der Waals surface area contributed by atoms with E-state index in [4.69, 9.17) is 0 Å². The largest absolute Gasteiger partial charge is 0.388 e. The number of unbranched alkanes of at least 4 members (excludes halogenated alkanes) is 4. The Labute approximate surface area is 93.1 Å². The summed E-state index contributed by atoms with van der Waals surface area (Å²) in [4.78, 5) is 0. The average Bonchev–Trinajstić information content (AvgIpc) is 2.30. The van der Waals surface area contributed by atoms with Gasteiger partial charge in [0.25, 0.3) is 0 Å². The summed E-state index contributed by atoms with van der Waals surface area (Å²) in [7, 11) is 0. The smallest absolute Gasteiger partial charge is 0.0796 e. The van der Waals surface area contributed by atoms with Crippen LogP contribution in [0.1, 0.15) is 57.1 Å². The second-order valence-electron chi connectivity index (χ2n) is 4.04. The van der Waals surface area contributed by atoms with Gasteiger partial charge in [0.2, 0.25) is 0 Å².